The van der Waals surface area contributed by atoms with Crippen LogP contribution in [-0.2, 0) is 4.79 Å². The molecule has 0 aliphatic heterocycles. The molecule has 1 aromatic rings. The fourth-order valence-electron chi connectivity index (χ4n) is 2.41. The second kappa shape index (κ2) is 7.65. The van der Waals surface area contributed by atoms with E-state index in [2.05, 4.69) is 37.4 Å². The van der Waals surface area contributed by atoms with Crippen molar-refractivity contribution in [2.45, 2.75) is 33.6 Å². The molecule has 4 heteroatoms. The lowest BCUT2D eigenvalue weighted by atomic mass is 10.1. The number of amides is 1. The monoisotopic (exact) mass is 296 g/mol. The Morgan fingerprint density at radius 1 is 1.25 bits per heavy atom. The number of nitrogens with zero attached hydrogens (tertiary/aromatic N) is 1. The van der Waals surface area contributed by atoms with E-state index in [1.165, 1.54) is 24.0 Å². The molecule has 0 spiro atoms. The average Bonchev–Trinajstić information content (AvgIpc) is 3.12. The lowest BCUT2D eigenvalue weighted by Gasteiger charge is -2.22. The standard InChI is InChI=1S/C16H24N2O.ClH/c1-4-18(15-8-12(2)7-13(3)9-15)16(19)11-17-10-14-5-6-14;/h7-9,14,17H,4-6,10-11H2,1-3H3;1H. The number of carbonyl (C=O) groups is 1. The molecule has 0 bridgehead atoms. The first-order valence-corrected chi connectivity index (χ1v) is 7.19. The van der Waals surface area contributed by atoms with Crippen LogP contribution in [0.2, 0.25) is 0 Å². The fraction of sp³-hybridized carbons (Fsp3) is 0.562. The van der Waals surface area contributed by atoms with Gasteiger partial charge in [-0.05, 0) is 69.3 Å². The number of hydrogen-bond acceptors (Lipinski definition) is 2. The normalized spacial score (nSPS) is 13.8. The molecule has 1 saturated carbocycles. The molecular formula is C16H25ClN2O. The molecule has 1 N–H and O–H groups in total. The highest BCUT2D eigenvalue weighted by Gasteiger charge is 2.21. The topological polar surface area (TPSA) is 32.3 Å². The highest BCUT2D eigenvalue weighted by molar-refractivity contribution is 5.94. The molecule has 3 nitrogen and oxygen atoms in total. The quantitative estimate of drug-likeness (QED) is 0.875. The average molecular weight is 297 g/mol. The lowest BCUT2D eigenvalue weighted by Crippen LogP contribution is -2.38. The minimum absolute atomic E-state index is 0. The van der Waals surface area contributed by atoms with Crippen molar-refractivity contribution in [3.8, 4) is 0 Å². The Kier molecular flexibility index (Phi) is 6.50. The van der Waals surface area contributed by atoms with Crippen molar-refractivity contribution in [3.63, 3.8) is 0 Å². The van der Waals surface area contributed by atoms with Gasteiger partial charge in [0.15, 0.2) is 0 Å². The minimum Gasteiger partial charge on any atom is -0.312 e. The van der Waals surface area contributed by atoms with Gasteiger partial charge in [-0.25, -0.2) is 0 Å². The van der Waals surface area contributed by atoms with Gasteiger partial charge in [-0.1, -0.05) is 6.07 Å². The number of aryl methyl sites for hydroxylation is 2. The summed E-state index contributed by atoms with van der Waals surface area (Å²) < 4.78 is 0. The molecule has 2 rings (SSSR count). The van der Waals surface area contributed by atoms with Crippen molar-refractivity contribution < 1.29 is 4.79 Å². The van der Waals surface area contributed by atoms with Gasteiger partial charge in [0.25, 0.3) is 0 Å². The fourth-order valence-corrected chi connectivity index (χ4v) is 2.41. The largest absolute Gasteiger partial charge is 0.312 e. The molecule has 1 aliphatic carbocycles. The minimum atomic E-state index is 0. The van der Waals surface area contributed by atoms with Gasteiger partial charge in [0.1, 0.15) is 0 Å². The lowest BCUT2D eigenvalue weighted by molar-refractivity contribution is -0.117. The molecule has 0 unspecified atom stereocenters. The Morgan fingerprint density at radius 3 is 2.35 bits per heavy atom. The predicted octanol–water partition coefficient (Wildman–Crippen LogP) is 3.08. The number of halogens is 1. The molecule has 0 radical (unpaired) electrons. The first kappa shape index (κ1) is 17.0. The zero-order valence-corrected chi connectivity index (χ0v) is 13.4. The summed E-state index contributed by atoms with van der Waals surface area (Å²) in [7, 11) is 0. The van der Waals surface area contributed by atoms with Crippen LogP contribution in [0.4, 0.5) is 5.69 Å². The Morgan fingerprint density at radius 2 is 1.85 bits per heavy atom. The van der Waals surface area contributed by atoms with Gasteiger partial charge in [-0.2, -0.15) is 0 Å². The number of nitrogens with one attached hydrogen (secondary N) is 1. The van der Waals surface area contributed by atoms with E-state index < -0.39 is 0 Å². The van der Waals surface area contributed by atoms with Gasteiger partial charge in [0.2, 0.25) is 5.91 Å². The first-order chi connectivity index (χ1) is 9.10. The van der Waals surface area contributed by atoms with E-state index in [9.17, 15) is 4.79 Å². The molecule has 0 atom stereocenters. The number of anilines is 1. The van der Waals surface area contributed by atoms with Crippen molar-refractivity contribution in [3.05, 3.63) is 29.3 Å². The summed E-state index contributed by atoms with van der Waals surface area (Å²) in [5, 5.41) is 3.27. The van der Waals surface area contributed by atoms with Gasteiger partial charge < -0.3 is 10.2 Å². The third kappa shape index (κ3) is 4.80. The van der Waals surface area contributed by atoms with Gasteiger partial charge in [-0.3, -0.25) is 4.79 Å². The van der Waals surface area contributed by atoms with E-state index in [1.54, 1.807) is 0 Å². The van der Waals surface area contributed by atoms with Gasteiger partial charge in [0, 0.05) is 12.2 Å². The summed E-state index contributed by atoms with van der Waals surface area (Å²) in [5.74, 6) is 0.970. The number of rotatable bonds is 6. The molecule has 0 saturated heterocycles. The molecule has 1 aliphatic rings. The number of likely N-dealkylation sites (N-methyl/N-ethyl adjacent to an activating group) is 1. The van der Waals surface area contributed by atoms with Gasteiger partial charge in [0.05, 0.1) is 6.54 Å². The molecule has 1 amide bonds. The molecule has 0 aromatic heterocycles. The van der Waals surface area contributed by atoms with Crippen LogP contribution < -0.4 is 10.2 Å². The number of benzene rings is 1. The van der Waals surface area contributed by atoms with E-state index in [4.69, 9.17) is 0 Å². The summed E-state index contributed by atoms with van der Waals surface area (Å²) in [5.41, 5.74) is 3.41. The Labute approximate surface area is 128 Å². The van der Waals surface area contributed by atoms with Crippen molar-refractivity contribution in [2.75, 3.05) is 24.5 Å². The molecular weight excluding hydrogens is 272 g/mol. The Bertz CT molecular complexity index is 438. The van der Waals surface area contributed by atoms with Gasteiger partial charge in [-0.15, -0.1) is 12.4 Å². The highest BCUT2D eigenvalue weighted by atomic mass is 35.5. The van der Waals surface area contributed by atoms with E-state index in [-0.39, 0.29) is 18.3 Å². The number of hydrogen-bond donors (Lipinski definition) is 1. The summed E-state index contributed by atoms with van der Waals surface area (Å²) in [4.78, 5) is 14.1. The van der Waals surface area contributed by atoms with Crippen LogP contribution in [0.5, 0.6) is 0 Å². The van der Waals surface area contributed by atoms with Crippen molar-refractivity contribution in [1.29, 1.82) is 0 Å². The van der Waals surface area contributed by atoms with Crippen LogP contribution in [0.25, 0.3) is 0 Å². The number of carbonyl (C=O) groups excluding carboxylic acids is 1. The van der Waals surface area contributed by atoms with E-state index in [1.807, 2.05) is 11.8 Å². The summed E-state index contributed by atoms with van der Waals surface area (Å²) in [6, 6.07) is 6.29. The van der Waals surface area contributed by atoms with Crippen LogP contribution in [0.3, 0.4) is 0 Å². The third-order valence-electron chi connectivity index (χ3n) is 3.54. The maximum absolute atomic E-state index is 12.3. The Hall–Kier alpha value is -1.06. The smallest absolute Gasteiger partial charge is 0.240 e. The summed E-state index contributed by atoms with van der Waals surface area (Å²) in [6.45, 7) is 8.30. The molecule has 1 aromatic carbocycles. The van der Waals surface area contributed by atoms with Crippen LogP contribution in [-0.4, -0.2) is 25.5 Å². The van der Waals surface area contributed by atoms with Crippen LogP contribution in [0.15, 0.2) is 18.2 Å². The predicted molar refractivity (Wildman–Crippen MR) is 86.8 cm³/mol. The maximum atomic E-state index is 12.3. The van der Waals surface area contributed by atoms with Crippen molar-refractivity contribution in [2.24, 2.45) is 5.92 Å². The summed E-state index contributed by atoms with van der Waals surface area (Å²) in [6.07, 6.45) is 2.63. The van der Waals surface area contributed by atoms with E-state index in [0.29, 0.717) is 13.1 Å². The zero-order valence-electron chi connectivity index (χ0n) is 12.6. The highest BCUT2D eigenvalue weighted by Crippen LogP contribution is 2.27. The first-order valence-electron chi connectivity index (χ1n) is 7.19. The van der Waals surface area contributed by atoms with Gasteiger partial charge >= 0.3 is 0 Å². The Balaban J connectivity index is 0.00000200. The second-order valence-corrected chi connectivity index (χ2v) is 5.56. The second-order valence-electron chi connectivity index (χ2n) is 5.56. The van der Waals surface area contributed by atoms with E-state index >= 15 is 0 Å². The maximum Gasteiger partial charge on any atom is 0.240 e. The SMILES string of the molecule is CCN(C(=O)CNCC1CC1)c1cc(C)cc(C)c1.Cl. The molecule has 20 heavy (non-hydrogen) atoms. The van der Waals surface area contributed by atoms with E-state index in [0.717, 1.165) is 18.2 Å². The van der Waals surface area contributed by atoms with Crippen LogP contribution in [0.1, 0.15) is 30.9 Å². The van der Waals surface area contributed by atoms with Crippen LogP contribution in [0, 0.1) is 19.8 Å². The van der Waals surface area contributed by atoms with Crippen molar-refractivity contribution in [1.82, 2.24) is 5.32 Å². The molecule has 112 valence electrons. The zero-order chi connectivity index (χ0) is 13.8. The molecule has 1 fully saturated rings. The summed E-state index contributed by atoms with van der Waals surface area (Å²) >= 11 is 0. The van der Waals surface area contributed by atoms with Crippen molar-refractivity contribution >= 4 is 24.0 Å². The molecule has 0 heterocycles. The van der Waals surface area contributed by atoms with Crippen LogP contribution >= 0.6 is 12.4 Å². The third-order valence-corrected chi connectivity index (χ3v) is 3.54.